The molecule has 1 aliphatic heterocycles. The molecule has 0 bridgehead atoms. The van der Waals surface area contributed by atoms with E-state index in [0.717, 1.165) is 53.9 Å². The number of methoxy groups -OCH3 is 2. The van der Waals surface area contributed by atoms with Gasteiger partial charge in [-0.3, -0.25) is 0 Å². The minimum Gasteiger partial charge on any atom is -0.493 e. The lowest BCUT2D eigenvalue weighted by atomic mass is 9.65. The van der Waals surface area contributed by atoms with Gasteiger partial charge in [-0.15, -0.1) is 0 Å². The number of halogens is 4. The van der Waals surface area contributed by atoms with Crippen molar-refractivity contribution in [2.45, 2.75) is 49.4 Å². The number of urea groups is 1. The number of ether oxygens (including phenoxy) is 2. The number of fused-ring (bicyclic) bond motifs is 1. The zero-order chi connectivity index (χ0) is 27.2. The average Bonchev–Trinajstić information content (AvgIpc) is 3.27. The monoisotopic (exact) mass is 587 g/mol. The third kappa shape index (κ3) is 7.07. The van der Waals surface area contributed by atoms with Crippen LogP contribution in [-0.2, 0) is 10.2 Å². The van der Waals surface area contributed by atoms with E-state index in [2.05, 4.69) is 44.0 Å². The molecule has 1 saturated heterocycles. The maximum atomic E-state index is 12.5. The molecule has 2 aromatic rings. The minimum atomic E-state index is -5.08. The molecule has 4 rings (SSSR count). The first-order valence-electron chi connectivity index (χ1n) is 11.6. The second-order valence-corrected chi connectivity index (χ2v) is 9.78. The molecule has 1 saturated carbocycles. The van der Waals surface area contributed by atoms with Gasteiger partial charge in [-0.25, -0.2) is 9.59 Å². The summed E-state index contributed by atoms with van der Waals surface area (Å²) in [5.74, 6) is -1.24. The number of aliphatic carboxylic acids is 1. The Kier molecular flexibility index (Phi) is 9.30. The molecule has 4 N–H and O–H groups in total. The molecule has 12 heteroatoms. The number of carboxylic acid groups (broad SMARTS) is 1. The third-order valence-electron chi connectivity index (χ3n) is 6.71. The van der Waals surface area contributed by atoms with Gasteiger partial charge in [0.15, 0.2) is 11.5 Å². The largest absolute Gasteiger partial charge is 0.493 e. The second kappa shape index (κ2) is 12.0. The molecule has 2 fully saturated rings. The van der Waals surface area contributed by atoms with Gasteiger partial charge in [0.05, 0.1) is 14.2 Å². The highest BCUT2D eigenvalue weighted by Gasteiger charge is 2.48. The van der Waals surface area contributed by atoms with Crippen LogP contribution < -0.4 is 25.4 Å². The van der Waals surface area contributed by atoms with E-state index in [1.807, 2.05) is 30.3 Å². The number of anilines is 1. The molecule has 8 nitrogen and oxygen atoms in total. The van der Waals surface area contributed by atoms with E-state index < -0.39 is 12.1 Å². The van der Waals surface area contributed by atoms with E-state index in [0.29, 0.717) is 6.04 Å². The van der Waals surface area contributed by atoms with Crippen molar-refractivity contribution in [2.75, 3.05) is 26.1 Å². The van der Waals surface area contributed by atoms with Crippen LogP contribution in [0.15, 0.2) is 46.9 Å². The second-order valence-electron chi connectivity index (χ2n) is 8.87. The standard InChI is InChI=1S/C23H28BrN3O3.C2HF3O2/c1-29-19-7-6-15(12-20(19)30-2)23-9-8-18(14-21(23)25-11-10-23)27-22(28)26-17-5-3-4-16(24)13-17;3-2(4,5)1(6)7/h3-7,12-13,18,21,25H,8-11,14H2,1-2H3,(H2,26,27,28);(H,6,7). The van der Waals surface area contributed by atoms with Crippen LogP contribution in [0.3, 0.4) is 0 Å². The zero-order valence-electron chi connectivity index (χ0n) is 20.3. The number of hydrogen-bond donors (Lipinski definition) is 4. The number of benzene rings is 2. The van der Waals surface area contributed by atoms with Crippen molar-refractivity contribution in [3.8, 4) is 11.5 Å². The number of carbonyl (C=O) groups excluding carboxylic acids is 1. The van der Waals surface area contributed by atoms with Gasteiger partial charge in [0.1, 0.15) is 0 Å². The quantitative estimate of drug-likeness (QED) is 0.389. The van der Waals surface area contributed by atoms with Crippen molar-refractivity contribution in [2.24, 2.45) is 0 Å². The molecule has 1 aliphatic carbocycles. The first kappa shape index (κ1) is 28.6. The summed E-state index contributed by atoms with van der Waals surface area (Å²) < 4.78 is 43.6. The van der Waals surface area contributed by atoms with Crippen LogP contribution >= 0.6 is 15.9 Å². The normalized spacial score (nSPS) is 22.6. The van der Waals surface area contributed by atoms with Gasteiger partial charge in [-0.2, -0.15) is 13.2 Å². The fourth-order valence-corrected chi connectivity index (χ4v) is 5.37. The third-order valence-corrected chi connectivity index (χ3v) is 7.20. The first-order chi connectivity index (χ1) is 17.5. The lowest BCUT2D eigenvalue weighted by Gasteiger charge is -2.43. The van der Waals surface area contributed by atoms with E-state index in [4.69, 9.17) is 19.4 Å². The summed E-state index contributed by atoms with van der Waals surface area (Å²) in [6.45, 7) is 0.982. The summed E-state index contributed by atoms with van der Waals surface area (Å²) in [5, 5.41) is 16.9. The van der Waals surface area contributed by atoms with Crippen LogP contribution in [0.25, 0.3) is 0 Å². The Labute approximate surface area is 221 Å². The predicted molar refractivity (Wildman–Crippen MR) is 135 cm³/mol. The number of nitrogens with one attached hydrogen (secondary N) is 3. The van der Waals surface area contributed by atoms with Gasteiger partial charge in [0.2, 0.25) is 0 Å². The number of carbonyl (C=O) groups is 2. The minimum absolute atomic E-state index is 0.0680. The van der Waals surface area contributed by atoms with Gasteiger partial charge in [0.25, 0.3) is 0 Å². The van der Waals surface area contributed by atoms with Crippen LogP contribution in [0, 0.1) is 0 Å². The molecule has 2 aliphatic rings. The molecule has 202 valence electrons. The SMILES string of the molecule is COc1ccc(C23CCNC2CC(NC(=O)Nc2cccc(Br)c2)CC3)cc1OC.O=C(O)C(F)(F)F. The fraction of sp³-hybridized carbons (Fsp3) is 0.440. The summed E-state index contributed by atoms with van der Waals surface area (Å²) in [7, 11) is 3.33. The Bertz CT molecular complexity index is 1120. The maximum Gasteiger partial charge on any atom is 0.490 e. The molecule has 0 aromatic heterocycles. The van der Waals surface area contributed by atoms with Crippen molar-refractivity contribution in [1.82, 2.24) is 10.6 Å². The Hall–Kier alpha value is -2.99. The summed E-state index contributed by atoms with van der Waals surface area (Å²) in [6, 6.07) is 14.2. The molecule has 37 heavy (non-hydrogen) atoms. The van der Waals surface area contributed by atoms with Crippen LogP contribution in [0.1, 0.15) is 31.2 Å². The molecule has 3 atom stereocenters. The van der Waals surface area contributed by atoms with Crippen LogP contribution in [-0.4, -0.2) is 56.1 Å². The number of amides is 2. The lowest BCUT2D eigenvalue weighted by molar-refractivity contribution is -0.192. The molecule has 3 unspecified atom stereocenters. The topological polar surface area (TPSA) is 109 Å². The highest BCUT2D eigenvalue weighted by molar-refractivity contribution is 9.10. The van der Waals surface area contributed by atoms with Crippen molar-refractivity contribution >= 4 is 33.6 Å². The van der Waals surface area contributed by atoms with Crippen LogP contribution in [0.2, 0.25) is 0 Å². The van der Waals surface area contributed by atoms with Crippen LogP contribution in [0.5, 0.6) is 11.5 Å². The lowest BCUT2D eigenvalue weighted by Crippen LogP contribution is -2.52. The zero-order valence-corrected chi connectivity index (χ0v) is 21.9. The Balaban J connectivity index is 0.000000479. The smallest absolute Gasteiger partial charge is 0.490 e. The number of rotatable bonds is 5. The highest BCUT2D eigenvalue weighted by atomic mass is 79.9. The molecular formula is C25H29BrF3N3O5. The molecule has 2 aromatic carbocycles. The number of hydrogen-bond acceptors (Lipinski definition) is 5. The van der Waals surface area contributed by atoms with Gasteiger partial charge in [-0.1, -0.05) is 28.1 Å². The first-order valence-corrected chi connectivity index (χ1v) is 12.4. The maximum absolute atomic E-state index is 12.5. The van der Waals surface area contributed by atoms with Gasteiger partial charge in [-0.05, 0) is 68.1 Å². The van der Waals surface area contributed by atoms with Crippen molar-refractivity contribution in [3.63, 3.8) is 0 Å². The van der Waals surface area contributed by atoms with E-state index in [1.165, 1.54) is 5.56 Å². The van der Waals surface area contributed by atoms with E-state index in [1.54, 1.807) is 14.2 Å². The van der Waals surface area contributed by atoms with Crippen LogP contribution in [0.4, 0.5) is 23.7 Å². The van der Waals surface area contributed by atoms with Gasteiger partial charge in [0, 0.05) is 27.7 Å². The summed E-state index contributed by atoms with van der Waals surface area (Å²) in [5.41, 5.74) is 2.13. The van der Waals surface area contributed by atoms with Crippen molar-refractivity contribution in [1.29, 1.82) is 0 Å². The Morgan fingerprint density at radius 3 is 2.43 bits per heavy atom. The summed E-state index contributed by atoms with van der Waals surface area (Å²) in [6.07, 6.45) is -1.13. The number of carboxylic acids is 1. The number of alkyl halides is 3. The van der Waals surface area contributed by atoms with Gasteiger partial charge < -0.3 is 30.5 Å². The van der Waals surface area contributed by atoms with Gasteiger partial charge >= 0.3 is 18.2 Å². The van der Waals surface area contributed by atoms with Crippen molar-refractivity contribution < 1.29 is 37.3 Å². The molecule has 2 amide bonds. The van der Waals surface area contributed by atoms with E-state index >= 15 is 0 Å². The molecule has 0 radical (unpaired) electrons. The fourth-order valence-electron chi connectivity index (χ4n) is 4.97. The highest BCUT2D eigenvalue weighted by Crippen LogP contribution is 2.47. The Morgan fingerprint density at radius 2 is 1.81 bits per heavy atom. The van der Waals surface area contributed by atoms with Crippen molar-refractivity contribution in [3.05, 3.63) is 52.5 Å². The molecule has 0 spiro atoms. The van der Waals surface area contributed by atoms with E-state index in [9.17, 15) is 18.0 Å². The predicted octanol–water partition coefficient (Wildman–Crippen LogP) is 5.07. The summed E-state index contributed by atoms with van der Waals surface area (Å²) >= 11 is 3.43. The molecule has 1 heterocycles. The molecular weight excluding hydrogens is 559 g/mol. The van der Waals surface area contributed by atoms with E-state index in [-0.39, 0.29) is 17.5 Å². The summed E-state index contributed by atoms with van der Waals surface area (Å²) in [4.78, 5) is 21.4. The Morgan fingerprint density at radius 1 is 1.11 bits per heavy atom. The average molecular weight is 588 g/mol.